The molecule has 1 aromatic rings. The van der Waals surface area contributed by atoms with Gasteiger partial charge in [0.15, 0.2) is 5.78 Å². The fourth-order valence-electron chi connectivity index (χ4n) is 1.95. The molecule has 1 heterocycles. The fourth-order valence-corrected chi connectivity index (χ4v) is 1.95. The van der Waals surface area contributed by atoms with Crippen molar-refractivity contribution in [3.8, 4) is 0 Å². The molecule has 0 atom stereocenters. The number of hydrogen-bond donors (Lipinski definition) is 1. The zero-order valence-corrected chi connectivity index (χ0v) is 8.41. The van der Waals surface area contributed by atoms with Crippen LogP contribution in [0.2, 0.25) is 0 Å². The molecule has 0 radical (unpaired) electrons. The molecule has 0 amide bonds. The lowest BCUT2D eigenvalue weighted by molar-refractivity contribution is 0.0689. The predicted molar refractivity (Wildman–Crippen MR) is 53.2 cm³/mol. The Morgan fingerprint density at radius 1 is 1.47 bits per heavy atom. The van der Waals surface area contributed by atoms with Crippen molar-refractivity contribution in [2.24, 2.45) is 0 Å². The molecule has 0 bridgehead atoms. The molecular weight excluding hydrogens is 194 g/mol. The van der Waals surface area contributed by atoms with E-state index in [4.69, 9.17) is 5.11 Å². The zero-order valence-electron chi connectivity index (χ0n) is 8.41. The number of fused-ring (bicyclic) bond motifs is 1. The Balaban J connectivity index is 2.60. The van der Waals surface area contributed by atoms with Crippen LogP contribution in [0.25, 0.3) is 0 Å². The van der Waals surface area contributed by atoms with Crippen molar-refractivity contribution in [1.82, 2.24) is 4.98 Å². The third-order valence-electron chi connectivity index (χ3n) is 2.61. The summed E-state index contributed by atoms with van der Waals surface area (Å²) in [4.78, 5) is 26.4. The Kier molecular flexibility index (Phi) is 2.26. The number of rotatable bonds is 1. The van der Waals surface area contributed by atoms with Crippen molar-refractivity contribution < 1.29 is 14.7 Å². The monoisotopic (exact) mass is 205 g/mol. The number of aromatic nitrogens is 1. The maximum atomic E-state index is 11.6. The van der Waals surface area contributed by atoms with E-state index in [2.05, 4.69) is 4.98 Å². The van der Waals surface area contributed by atoms with Gasteiger partial charge in [0, 0.05) is 12.0 Å². The molecule has 2 rings (SSSR count). The summed E-state index contributed by atoms with van der Waals surface area (Å²) < 4.78 is 0. The van der Waals surface area contributed by atoms with E-state index in [0.29, 0.717) is 24.1 Å². The number of hydrogen-bond acceptors (Lipinski definition) is 3. The number of carbonyl (C=O) groups is 2. The highest BCUT2D eigenvalue weighted by atomic mass is 16.4. The molecular formula is C11H11NO3. The van der Waals surface area contributed by atoms with Gasteiger partial charge in [-0.1, -0.05) is 0 Å². The van der Waals surface area contributed by atoms with E-state index in [-0.39, 0.29) is 11.5 Å². The average molecular weight is 205 g/mol. The van der Waals surface area contributed by atoms with Crippen molar-refractivity contribution in [1.29, 1.82) is 0 Å². The number of carbonyl (C=O) groups excluding carboxylic acids is 1. The van der Waals surface area contributed by atoms with Gasteiger partial charge >= 0.3 is 5.97 Å². The van der Waals surface area contributed by atoms with Gasteiger partial charge < -0.3 is 5.11 Å². The molecule has 0 fully saturated rings. The summed E-state index contributed by atoms with van der Waals surface area (Å²) in [6.07, 6.45) is 2.01. The highest BCUT2D eigenvalue weighted by Gasteiger charge is 2.22. The Morgan fingerprint density at radius 2 is 2.20 bits per heavy atom. The highest BCUT2D eigenvalue weighted by molar-refractivity contribution is 6.00. The van der Waals surface area contributed by atoms with Gasteiger partial charge in [0.2, 0.25) is 0 Å². The van der Waals surface area contributed by atoms with Gasteiger partial charge in [-0.3, -0.25) is 4.79 Å². The van der Waals surface area contributed by atoms with Crippen molar-refractivity contribution >= 4 is 11.8 Å². The summed E-state index contributed by atoms with van der Waals surface area (Å²) in [6.45, 7) is 1.76. The number of carboxylic acid groups (broad SMARTS) is 1. The lowest BCUT2D eigenvalue weighted by atomic mass is 9.91. The van der Waals surface area contributed by atoms with Crippen LogP contribution in [0, 0.1) is 6.92 Å². The number of carboxylic acids is 1. The Hall–Kier alpha value is -1.71. The molecule has 0 aliphatic heterocycles. The smallest absolute Gasteiger partial charge is 0.354 e. The van der Waals surface area contributed by atoms with Gasteiger partial charge in [0.05, 0.1) is 5.69 Å². The largest absolute Gasteiger partial charge is 0.477 e. The van der Waals surface area contributed by atoms with Crippen LogP contribution in [-0.2, 0) is 6.42 Å². The van der Waals surface area contributed by atoms with Crippen LogP contribution in [0.15, 0.2) is 6.07 Å². The molecule has 4 nitrogen and oxygen atoms in total. The standard InChI is InChI=1S/C11H11NO3/c1-6-5-8(11(14)15)12-7-3-2-4-9(13)10(6)7/h5H,2-4H2,1H3,(H,14,15). The molecule has 0 unspecified atom stereocenters. The van der Waals surface area contributed by atoms with Crippen molar-refractivity contribution in [2.45, 2.75) is 26.2 Å². The lowest BCUT2D eigenvalue weighted by Crippen LogP contribution is -2.17. The molecule has 4 heteroatoms. The van der Waals surface area contributed by atoms with E-state index in [1.807, 2.05) is 0 Å². The average Bonchev–Trinajstić information content (AvgIpc) is 2.17. The van der Waals surface area contributed by atoms with Gasteiger partial charge in [-0.15, -0.1) is 0 Å². The summed E-state index contributed by atoms with van der Waals surface area (Å²) in [5.41, 5.74) is 2.03. The minimum absolute atomic E-state index is 0.0287. The van der Waals surface area contributed by atoms with E-state index >= 15 is 0 Å². The number of ketones is 1. The molecule has 0 aromatic carbocycles. The number of pyridine rings is 1. The van der Waals surface area contributed by atoms with Crippen molar-refractivity contribution in [2.75, 3.05) is 0 Å². The first-order valence-electron chi connectivity index (χ1n) is 4.86. The third kappa shape index (κ3) is 1.63. The number of nitrogens with zero attached hydrogens (tertiary/aromatic N) is 1. The van der Waals surface area contributed by atoms with Crippen molar-refractivity contribution in [3.63, 3.8) is 0 Å². The Morgan fingerprint density at radius 3 is 2.87 bits per heavy atom. The summed E-state index contributed by atoms with van der Waals surface area (Å²) >= 11 is 0. The maximum absolute atomic E-state index is 11.6. The maximum Gasteiger partial charge on any atom is 0.354 e. The first-order chi connectivity index (χ1) is 7.09. The molecule has 15 heavy (non-hydrogen) atoms. The van der Waals surface area contributed by atoms with Gasteiger partial charge in [0.1, 0.15) is 5.69 Å². The summed E-state index contributed by atoms with van der Waals surface area (Å²) in [6, 6.07) is 1.46. The van der Waals surface area contributed by atoms with Crippen LogP contribution in [0.4, 0.5) is 0 Å². The van der Waals surface area contributed by atoms with Crippen LogP contribution in [0.1, 0.15) is 44.9 Å². The molecule has 1 aromatic heterocycles. The Labute approximate surface area is 87.0 Å². The molecule has 1 aliphatic carbocycles. The normalized spacial score (nSPS) is 14.9. The van der Waals surface area contributed by atoms with Gasteiger partial charge in [-0.25, -0.2) is 9.78 Å². The number of Topliss-reactive ketones (excluding diaryl/α,β-unsaturated/α-hetero) is 1. The second kappa shape index (κ2) is 3.46. The second-order valence-corrected chi connectivity index (χ2v) is 3.73. The van der Waals surface area contributed by atoms with E-state index in [1.165, 1.54) is 6.07 Å². The molecule has 0 saturated carbocycles. The topological polar surface area (TPSA) is 67.3 Å². The fraction of sp³-hybridized carbons (Fsp3) is 0.364. The minimum Gasteiger partial charge on any atom is -0.477 e. The van der Waals surface area contributed by atoms with Crippen molar-refractivity contribution in [3.05, 3.63) is 28.6 Å². The first-order valence-corrected chi connectivity index (χ1v) is 4.86. The van der Waals surface area contributed by atoms with E-state index in [0.717, 1.165) is 12.0 Å². The summed E-state index contributed by atoms with van der Waals surface area (Å²) in [5, 5.41) is 8.83. The van der Waals surface area contributed by atoms with E-state index in [1.54, 1.807) is 6.92 Å². The summed E-state index contributed by atoms with van der Waals surface area (Å²) in [7, 11) is 0. The van der Waals surface area contributed by atoms with Crippen LogP contribution in [0.5, 0.6) is 0 Å². The summed E-state index contributed by atoms with van der Waals surface area (Å²) in [5.74, 6) is -0.961. The molecule has 78 valence electrons. The van der Waals surface area contributed by atoms with E-state index in [9.17, 15) is 9.59 Å². The molecule has 0 saturated heterocycles. The molecule has 0 spiro atoms. The number of aryl methyl sites for hydroxylation is 2. The zero-order chi connectivity index (χ0) is 11.0. The van der Waals surface area contributed by atoms with Gasteiger partial charge in [0.25, 0.3) is 0 Å². The van der Waals surface area contributed by atoms with Crippen LogP contribution < -0.4 is 0 Å². The van der Waals surface area contributed by atoms with Crippen LogP contribution in [-0.4, -0.2) is 21.8 Å². The quantitative estimate of drug-likeness (QED) is 0.756. The lowest BCUT2D eigenvalue weighted by Gasteiger charge is -2.16. The first kappa shape index (κ1) is 9.83. The third-order valence-corrected chi connectivity index (χ3v) is 2.61. The minimum atomic E-state index is -1.04. The van der Waals surface area contributed by atoms with Gasteiger partial charge in [-0.05, 0) is 31.4 Å². The number of aromatic carboxylic acids is 1. The Bertz CT molecular complexity index is 451. The second-order valence-electron chi connectivity index (χ2n) is 3.73. The molecule has 1 N–H and O–H groups in total. The SMILES string of the molecule is Cc1cc(C(=O)O)nc2c1C(=O)CCC2. The van der Waals surface area contributed by atoms with Crippen LogP contribution >= 0.6 is 0 Å². The highest BCUT2D eigenvalue weighted by Crippen LogP contribution is 2.23. The van der Waals surface area contributed by atoms with Crippen LogP contribution in [0.3, 0.4) is 0 Å². The van der Waals surface area contributed by atoms with E-state index < -0.39 is 5.97 Å². The predicted octanol–water partition coefficient (Wildman–Crippen LogP) is 1.61. The van der Waals surface area contributed by atoms with Gasteiger partial charge in [-0.2, -0.15) is 0 Å². The molecule has 1 aliphatic rings.